The van der Waals surface area contributed by atoms with Crippen molar-refractivity contribution in [3.05, 3.63) is 29.8 Å². The van der Waals surface area contributed by atoms with E-state index in [2.05, 4.69) is 10.6 Å². The summed E-state index contributed by atoms with van der Waals surface area (Å²) < 4.78 is 0. The van der Waals surface area contributed by atoms with Crippen molar-refractivity contribution in [3.8, 4) is 0 Å². The van der Waals surface area contributed by atoms with Crippen LogP contribution in [-0.4, -0.2) is 12.6 Å². The Kier molecular flexibility index (Phi) is 1.84. The molecule has 2 amide bonds. The van der Waals surface area contributed by atoms with Crippen LogP contribution in [0.15, 0.2) is 24.3 Å². The number of nitrogens with one attached hydrogen (secondary N) is 2. The highest BCUT2D eigenvalue weighted by Crippen LogP contribution is 2.23. The van der Waals surface area contributed by atoms with Gasteiger partial charge in [-0.05, 0) is 24.6 Å². The Morgan fingerprint density at radius 3 is 2.50 bits per heavy atom. The summed E-state index contributed by atoms with van der Waals surface area (Å²) in [5.41, 5.74) is 7.07. The van der Waals surface area contributed by atoms with Gasteiger partial charge in [0.25, 0.3) is 0 Å². The lowest BCUT2D eigenvalue weighted by Gasteiger charge is -2.22. The third-order valence-electron chi connectivity index (χ3n) is 2.54. The summed E-state index contributed by atoms with van der Waals surface area (Å²) in [5, 5.41) is 5.62. The monoisotopic (exact) mass is 191 g/mol. The highest BCUT2D eigenvalue weighted by Gasteiger charge is 2.34. The van der Waals surface area contributed by atoms with E-state index in [0.717, 1.165) is 11.3 Å². The van der Waals surface area contributed by atoms with E-state index in [1.807, 2.05) is 31.2 Å². The van der Waals surface area contributed by atoms with Gasteiger partial charge in [-0.1, -0.05) is 12.1 Å². The Bertz CT molecular complexity index is 360. The Balaban J connectivity index is 2.30. The highest BCUT2D eigenvalue weighted by molar-refractivity contribution is 5.78. The first-order valence-electron chi connectivity index (χ1n) is 4.52. The molecule has 74 valence electrons. The van der Waals surface area contributed by atoms with Crippen molar-refractivity contribution < 1.29 is 4.79 Å². The minimum atomic E-state index is -0.315. The van der Waals surface area contributed by atoms with E-state index < -0.39 is 0 Å². The standard InChI is InChI=1S/C10H13N3O/c1-10(6-12-9(14)13-10)7-2-4-8(11)5-3-7/h2-5H,6,11H2,1H3,(H2,12,13,14). The lowest BCUT2D eigenvalue weighted by Crippen LogP contribution is -2.37. The number of hydrogen-bond acceptors (Lipinski definition) is 2. The fourth-order valence-electron chi connectivity index (χ4n) is 1.62. The van der Waals surface area contributed by atoms with Crippen LogP contribution in [0.5, 0.6) is 0 Å². The summed E-state index contributed by atoms with van der Waals surface area (Å²) in [7, 11) is 0. The molecule has 1 aromatic carbocycles. The lowest BCUT2D eigenvalue weighted by molar-refractivity contribution is 0.245. The van der Waals surface area contributed by atoms with Crippen LogP contribution in [0, 0.1) is 0 Å². The van der Waals surface area contributed by atoms with Gasteiger partial charge in [0.05, 0.1) is 5.54 Å². The quantitative estimate of drug-likeness (QED) is 0.575. The van der Waals surface area contributed by atoms with Crippen molar-refractivity contribution >= 4 is 11.7 Å². The van der Waals surface area contributed by atoms with Crippen molar-refractivity contribution in [2.45, 2.75) is 12.5 Å². The smallest absolute Gasteiger partial charge is 0.315 e. The molecule has 1 aromatic rings. The van der Waals surface area contributed by atoms with Crippen LogP contribution in [0.3, 0.4) is 0 Å². The second-order valence-corrected chi connectivity index (χ2v) is 3.76. The predicted octanol–water partition coefficient (Wildman–Crippen LogP) is 0.797. The third kappa shape index (κ3) is 1.39. The normalized spacial score (nSPS) is 25.6. The first-order valence-corrected chi connectivity index (χ1v) is 4.52. The van der Waals surface area contributed by atoms with E-state index in [9.17, 15) is 4.79 Å². The van der Waals surface area contributed by atoms with Crippen LogP contribution >= 0.6 is 0 Å². The van der Waals surface area contributed by atoms with E-state index in [0.29, 0.717) is 6.54 Å². The van der Waals surface area contributed by atoms with Gasteiger partial charge < -0.3 is 16.4 Å². The average Bonchev–Trinajstić information content (AvgIpc) is 2.48. The first kappa shape index (κ1) is 8.87. The summed E-state index contributed by atoms with van der Waals surface area (Å²) in [6.45, 7) is 2.59. The number of rotatable bonds is 1. The Hall–Kier alpha value is -1.71. The zero-order valence-corrected chi connectivity index (χ0v) is 8.00. The van der Waals surface area contributed by atoms with E-state index in [1.165, 1.54) is 0 Å². The fraction of sp³-hybridized carbons (Fsp3) is 0.300. The number of carbonyl (C=O) groups is 1. The van der Waals surface area contributed by atoms with Gasteiger partial charge in [-0.25, -0.2) is 4.79 Å². The van der Waals surface area contributed by atoms with Crippen LogP contribution in [0.25, 0.3) is 0 Å². The van der Waals surface area contributed by atoms with Gasteiger partial charge in [0.2, 0.25) is 0 Å². The molecule has 1 fully saturated rings. The maximum atomic E-state index is 11.1. The second-order valence-electron chi connectivity index (χ2n) is 3.76. The molecule has 4 nitrogen and oxygen atoms in total. The largest absolute Gasteiger partial charge is 0.399 e. The maximum absolute atomic E-state index is 11.1. The van der Waals surface area contributed by atoms with Crippen molar-refractivity contribution in [2.24, 2.45) is 0 Å². The van der Waals surface area contributed by atoms with Crippen molar-refractivity contribution in [3.63, 3.8) is 0 Å². The van der Waals surface area contributed by atoms with Crippen LogP contribution in [-0.2, 0) is 5.54 Å². The Morgan fingerprint density at radius 1 is 1.36 bits per heavy atom. The zero-order chi connectivity index (χ0) is 10.2. The number of anilines is 1. The molecule has 2 rings (SSSR count). The average molecular weight is 191 g/mol. The fourth-order valence-corrected chi connectivity index (χ4v) is 1.62. The van der Waals surface area contributed by atoms with Gasteiger partial charge >= 0.3 is 6.03 Å². The van der Waals surface area contributed by atoms with Crippen LogP contribution in [0.1, 0.15) is 12.5 Å². The molecule has 1 unspecified atom stereocenters. The van der Waals surface area contributed by atoms with Crippen LogP contribution < -0.4 is 16.4 Å². The molecule has 4 N–H and O–H groups in total. The number of benzene rings is 1. The molecule has 1 heterocycles. The van der Waals surface area contributed by atoms with E-state index in [4.69, 9.17) is 5.73 Å². The molecule has 1 aliphatic rings. The molecule has 4 heteroatoms. The summed E-state index contributed by atoms with van der Waals surface area (Å²) in [6.07, 6.45) is 0. The predicted molar refractivity (Wildman–Crippen MR) is 54.7 cm³/mol. The van der Waals surface area contributed by atoms with Gasteiger partial charge in [0.15, 0.2) is 0 Å². The molecule has 1 saturated heterocycles. The molecule has 0 aromatic heterocycles. The Morgan fingerprint density at radius 2 is 2.00 bits per heavy atom. The van der Waals surface area contributed by atoms with Gasteiger partial charge in [0, 0.05) is 12.2 Å². The maximum Gasteiger partial charge on any atom is 0.315 e. The van der Waals surface area contributed by atoms with Gasteiger partial charge in [-0.3, -0.25) is 0 Å². The van der Waals surface area contributed by atoms with Gasteiger partial charge in [-0.2, -0.15) is 0 Å². The number of hydrogen-bond donors (Lipinski definition) is 3. The number of carbonyl (C=O) groups excluding carboxylic acids is 1. The molecule has 1 atom stereocenters. The van der Waals surface area contributed by atoms with Crippen molar-refractivity contribution in [1.82, 2.24) is 10.6 Å². The minimum Gasteiger partial charge on any atom is -0.399 e. The van der Waals surface area contributed by atoms with Crippen LogP contribution in [0.4, 0.5) is 10.5 Å². The summed E-state index contributed by atoms with van der Waals surface area (Å²) in [4.78, 5) is 11.1. The summed E-state index contributed by atoms with van der Waals surface area (Å²) in [5.74, 6) is 0. The topological polar surface area (TPSA) is 67.1 Å². The molecule has 0 aliphatic carbocycles. The van der Waals surface area contributed by atoms with Gasteiger partial charge in [-0.15, -0.1) is 0 Å². The number of urea groups is 1. The molecule has 14 heavy (non-hydrogen) atoms. The molecular formula is C10H13N3O. The highest BCUT2D eigenvalue weighted by atomic mass is 16.2. The third-order valence-corrected chi connectivity index (χ3v) is 2.54. The summed E-state index contributed by atoms with van der Waals surface area (Å²) >= 11 is 0. The SMILES string of the molecule is CC1(c2ccc(N)cc2)CNC(=O)N1. The molecule has 0 spiro atoms. The lowest BCUT2D eigenvalue weighted by atomic mass is 9.93. The van der Waals surface area contributed by atoms with E-state index >= 15 is 0 Å². The molecular weight excluding hydrogens is 178 g/mol. The van der Waals surface area contributed by atoms with E-state index in [-0.39, 0.29) is 11.6 Å². The molecule has 0 bridgehead atoms. The minimum absolute atomic E-state index is 0.121. The van der Waals surface area contributed by atoms with Crippen LogP contribution in [0.2, 0.25) is 0 Å². The summed E-state index contributed by atoms with van der Waals surface area (Å²) in [6, 6.07) is 7.42. The second kappa shape index (κ2) is 2.90. The van der Waals surface area contributed by atoms with Gasteiger partial charge in [0.1, 0.15) is 0 Å². The first-order chi connectivity index (χ1) is 6.60. The van der Waals surface area contributed by atoms with Crippen molar-refractivity contribution in [2.75, 3.05) is 12.3 Å². The molecule has 1 aliphatic heterocycles. The van der Waals surface area contributed by atoms with Crippen molar-refractivity contribution in [1.29, 1.82) is 0 Å². The number of nitrogen functional groups attached to an aromatic ring is 1. The molecule has 0 saturated carbocycles. The number of amides is 2. The Labute approximate surface area is 82.5 Å². The zero-order valence-electron chi connectivity index (χ0n) is 8.00. The van der Waals surface area contributed by atoms with E-state index in [1.54, 1.807) is 0 Å². The molecule has 0 radical (unpaired) electrons. The number of nitrogens with two attached hydrogens (primary N) is 1.